The second kappa shape index (κ2) is 10.0. The number of carbonyl (C=O) groups excluding carboxylic acids is 3. The van der Waals surface area contributed by atoms with E-state index in [2.05, 4.69) is 22.9 Å². The first-order chi connectivity index (χ1) is 16.4. The summed E-state index contributed by atoms with van der Waals surface area (Å²) in [6, 6.07) is 18.5. The third-order valence-electron chi connectivity index (χ3n) is 5.50. The number of amides is 2. The van der Waals surface area contributed by atoms with Gasteiger partial charge in [-0.2, -0.15) is 0 Å². The van der Waals surface area contributed by atoms with E-state index in [1.54, 1.807) is 24.3 Å². The Bertz CT molecular complexity index is 1300. The highest BCUT2D eigenvalue weighted by atomic mass is 32.2. The summed E-state index contributed by atoms with van der Waals surface area (Å²) in [5.74, 6) is -0.141. The van der Waals surface area contributed by atoms with Crippen LogP contribution in [0.4, 0.5) is 4.79 Å². The van der Waals surface area contributed by atoms with E-state index in [0.717, 1.165) is 33.0 Å². The maximum absolute atomic E-state index is 12.7. The number of thioether (sulfide) groups is 1. The molecule has 1 fully saturated rings. The van der Waals surface area contributed by atoms with Gasteiger partial charge in [-0.1, -0.05) is 48.5 Å². The van der Waals surface area contributed by atoms with E-state index >= 15 is 0 Å². The van der Waals surface area contributed by atoms with E-state index in [4.69, 9.17) is 9.47 Å². The van der Waals surface area contributed by atoms with Gasteiger partial charge in [0.25, 0.3) is 11.1 Å². The quantitative estimate of drug-likeness (QED) is 0.349. The number of esters is 1. The number of carbonyl (C=O) groups is 3. The van der Waals surface area contributed by atoms with Crippen molar-refractivity contribution >= 4 is 45.7 Å². The van der Waals surface area contributed by atoms with Crippen molar-refractivity contribution in [3.63, 3.8) is 0 Å². The number of nitrogens with zero attached hydrogens (tertiary/aromatic N) is 1. The predicted molar refractivity (Wildman–Crippen MR) is 131 cm³/mol. The van der Waals surface area contributed by atoms with E-state index < -0.39 is 23.2 Å². The van der Waals surface area contributed by atoms with Crippen molar-refractivity contribution in [3.8, 4) is 11.5 Å². The lowest BCUT2D eigenvalue weighted by molar-refractivity contribution is -0.148. The Morgan fingerprint density at radius 3 is 2.56 bits per heavy atom. The Morgan fingerprint density at radius 2 is 1.79 bits per heavy atom. The molecule has 0 spiro atoms. The molecule has 34 heavy (non-hydrogen) atoms. The molecule has 8 heteroatoms. The normalized spacial score (nSPS) is 15.6. The van der Waals surface area contributed by atoms with E-state index in [1.165, 1.54) is 21.1 Å². The highest BCUT2D eigenvalue weighted by molar-refractivity contribution is 8.18. The Morgan fingerprint density at radius 1 is 1.03 bits per heavy atom. The average molecular weight is 478 g/mol. The molecule has 0 radical (unpaired) electrons. The molecule has 3 aromatic carbocycles. The minimum Gasteiger partial charge on any atom is -0.493 e. The van der Waals surface area contributed by atoms with Gasteiger partial charge in [0, 0.05) is 0 Å². The lowest BCUT2D eigenvalue weighted by Crippen LogP contribution is -2.42. The van der Waals surface area contributed by atoms with E-state index in [9.17, 15) is 14.4 Å². The molecule has 0 aliphatic carbocycles. The zero-order chi connectivity index (χ0) is 24.2. The lowest BCUT2D eigenvalue weighted by Gasteiger charge is -2.18. The Labute approximate surface area is 201 Å². The third-order valence-corrected chi connectivity index (χ3v) is 6.39. The molecule has 4 rings (SSSR count). The van der Waals surface area contributed by atoms with Gasteiger partial charge >= 0.3 is 5.97 Å². The lowest BCUT2D eigenvalue weighted by atomic mass is 10.1. The first kappa shape index (κ1) is 23.4. The summed E-state index contributed by atoms with van der Waals surface area (Å²) in [6.45, 7) is 1.82. The molecule has 7 nitrogen and oxygen atoms in total. The molecule has 1 aliphatic rings. The Kier molecular flexibility index (Phi) is 6.88. The zero-order valence-corrected chi connectivity index (χ0v) is 19.8. The Hall–Kier alpha value is -3.78. The number of rotatable bonds is 7. The molecule has 0 bridgehead atoms. The van der Waals surface area contributed by atoms with Crippen molar-refractivity contribution in [2.75, 3.05) is 14.2 Å². The fourth-order valence-corrected chi connectivity index (χ4v) is 4.62. The first-order valence-electron chi connectivity index (χ1n) is 10.5. The highest BCUT2D eigenvalue weighted by Gasteiger charge is 2.41. The van der Waals surface area contributed by atoms with Crippen LogP contribution in [0.25, 0.3) is 16.8 Å². The van der Waals surface area contributed by atoms with Crippen LogP contribution >= 0.6 is 11.8 Å². The van der Waals surface area contributed by atoms with Crippen LogP contribution in [-0.2, 0) is 20.9 Å². The van der Waals surface area contributed by atoms with Crippen molar-refractivity contribution in [3.05, 3.63) is 76.7 Å². The van der Waals surface area contributed by atoms with E-state index in [-0.39, 0.29) is 4.91 Å². The fourth-order valence-electron chi connectivity index (χ4n) is 3.71. The zero-order valence-electron chi connectivity index (χ0n) is 18.9. The monoisotopic (exact) mass is 477 g/mol. The number of ether oxygens (including phenoxy) is 3. The van der Waals surface area contributed by atoms with Gasteiger partial charge < -0.3 is 14.2 Å². The van der Waals surface area contributed by atoms with Crippen molar-refractivity contribution in [2.24, 2.45) is 0 Å². The summed E-state index contributed by atoms with van der Waals surface area (Å²) < 4.78 is 16.2. The number of fused-ring (bicyclic) bond motifs is 1. The van der Waals surface area contributed by atoms with Crippen LogP contribution in [0.3, 0.4) is 0 Å². The molecule has 0 unspecified atom stereocenters. The highest BCUT2D eigenvalue weighted by Crippen LogP contribution is 2.36. The average Bonchev–Trinajstić information content (AvgIpc) is 3.14. The van der Waals surface area contributed by atoms with Crippen LogP contribution in [-0.4, -0.2) is 42.3 Å². The fraction of sp³-hybridized carbons (Fsp3) is 0.192. The second-order valence-corrected chi connectivity index (χ2v) is 8.58. The smallest absolute Gasteiger partial charge is 0.328 e. The van der Waals surface area contributed by atoms with Crippen LogP contribution in [0, 0.1) is 0 Å². The molecule has 3 aromatic rings. The van der Waals surface area contributed by atoms with Gasteiger partial charge in [-0.05, 0) is 58.8 Å². The van der Waals surface area contributed by atoms with E-state index in [0.29, 0.717) is 23.7 Å². The number of hydrogen-bond donors (Lipinski definition) is 0. The topological polar surface area (TPSA) is 82.1 Å². The molecule has 174 valence electrons. The van der Waals surface area contributed by atoms with Crippen LogP contribution in [0.15, 0.2) is 65.6 Å². The standard InChI is InChI=1S/C26H23NO6S/c1-16(25(29)32-3)27-24(28)23(34-26(27)30)14-17-11-12-21(22(13-17)31-2)33-15-19-9-6-8-18-7-4-5-10-20(18)19/h4-14,16H,15H2,1-3H3/b23-14+/t16-/m0/s1. The molecular formula is C26H23NO6S. The molecule has 0 aromatic heterocycles. The van der Waals surface area contributed by atoms with Crippen molar-refractivity contribution < 1.29 is 28.6 Å². The van der Waals surface area contributed by atoms with Gasteiger partial charge in [-0.3, -0.25) is 14.5 Å². The van der Waals surface area contributed by atoms with Gasteiger partial charge in [0.1, 0.15) is 12.6 Å². The number of hydrogen-bond acceptors (Lipinski definition) is 7. The molecule has 2 amide bonds. The van der Waals surface area contributed by atoms with Crippen molar-refractivity contribution in [2.45, 2.75) is 19.6 Å². The van der Waals surface area contributed by atoms with Gasteiger partial charge in [-0.25, -0.2) is 4.79 Å². The molecule has 1 aliphatic heterocycles. The molecule has 0 saturated carbocycles. The third kappa shape index (κ3) is 4.63. The number of imide groups is 1. The van der Waals surface area contributed by atoms with Crippen LogP contribution in [0.2, 0.25) is 0 Å². The molecule has 0 N–H and O–H groups in total. The summed E-state index contributed by atoms with van der Waals surface area (Å²) in [6.07, 6.45) is 1.59. The van der Waals surface area contributed by atoms with Gasteiger partial charge in [0.15, 0.2) is 11.5 Å². The first-order valence-corrected chi connectivity index (χ1v) is 11.4. The maximum Gasteiger partial charge on any atom is 0.328 e. The van der Waals surface area contributed by atoms with Crippen LogP contribution in [0.1, 0.15) is 18.1 Å². The number of benzene rings is 3. The van der Waals surface area contributed by atoms with Gasteiger partial charge in [0.2, 0.25) is 0 Å². The molecule has 1 saturated heterocycles. The SMILES string of the molecule is COC(=O)[C@H](C)N1C(=O)S/C(=C/c2ccc(OCc3cccc4ccccc34)c(OC)c2)C1=O. The Balaban J connectivity index is 1.53. The predicted octanol–water partition coefficient (Wildman–Crippen LogP) is 5.03. The maximum atomic E-state index is 12.7. The van der Waals surface area contributed by atoms with Crippen molar-refractivity contribution in [1.29, 1.82) is 0 Å². The summed E-state index contributed by atoms with van der Waals surface area (Å²) in [5.41, 5.74) is 1.71. The van der Waals surface area contributed by atoms with Gasteiger partial charge in [-0.15, -0.1) is 0 Å². The van der Waals surface area contributed by atoms with Crippen LogP contribution in [0.5, 0.6) is 11.5 Å². The minimum atomic E-state index is -0.997. The number of methoxy groups -OCH3 is 2. The molecule has 1 heterocycles. The minimum absolute atomic E-state index is 0.215. The van der Waals surface area contributed by atoms with E-state index in [1.807, 2.05) is 24.3 Å². The molecular weight excluding hydrogens is 454 g/mol. The summed E-state index contributed by atoms with van der Waals surface area (Å²) in [4.78, 5) is 37.9. The van der Waals surface area contributed by atoms with Crippen LogP contribution < -0.4 is 9.47 Å². The van der Waals surface area contributed by atoms with Crippen molar-refractivity contribution in [1.82, 2.24) is 4.90 Å². The summed E-state index contributed by atoms with van der Waals surface area (Å²) in [7, 11) is 2.75. The summed E-state index contributed by atoms with van der Waals surface area (Å²) >= 11 is 0.778. The summed E-state index contributed by atoms with van der Waals surface area (Å²) in [5, 5.41) is 1.75. The largest absolute Gasteiger partial charge is 0.493 e. The second-order valence-electron chi connectivity index (χ2n) is 7.59. The molecule has 1 atom stereocenters. The van der Waals surface area contributed by atoms with Gasteiger partial charge in [0.05, 0.1) is 19.1 Å².